The van der Waals surface area contributed by atoms with Gasteiger partial charge in [-0.15, -0.1) is 0 Å². The molecule has 0 atom stereocenters. The van der Waals surface area contributed by atoms with Crippen LogP contribution >= 0.6 is 11.3 Å². The predicted octanol–water partition coefficient (Wildman–Crippen LogP) is 4.37. The summed E-state index contributed by atoms with van der Waals surface area (Å²) in [4.78, 5) is 17.4. The highest BCUT2D eigenvalue weighted by Crippen LogP contribution is 2.40. The first-order valence-corrected chi connectivity index (χ1v) is 9.60. The van der Waals surface area contributed by atoms with Crippen molar-refractivity contribution >= 4 is 33.1 Å². The van der Waals surface area contributed by atoms with Crippen LogP contribution in [0.1, 0.15) is 10.4 Å². The quantitative estimate of drug-likeness (QED) is 0.512. The number of aromatic nitrogens is 2. The molecule has 2 heterocycles. The molecule has 8 heteroatoms. The van der Waals surface area contributed by atoms with Crippen molar-refractivity contribution in [2.24, 2.45) is 0 Å². The summed E-state index contributed by atoms with van der Waals surface area (Å²) in [5.74, 6) is 1.17. The molecule has 0 bridgehead atoms. The Balaban J connectivity index is 1.62. The Morgan fingerprint density at radius 3 is 2.31 bits per heavy atom. The third kappa shape index (κ3) is 3.62. The number of fused-ring (bicyclic) bond motifs is 1. The minimum absolute atomic E-state index is 0.239. The number of carbonyl (C=O) groups excluding carboxylic acids is 1. The van der Waals surface area contributed by atoms with Gasteiger partial charge in [-0.3, -0.25) is 4.79 Å². The Morgan fingerprint density at radius 2 is 1.69 bits per heavy atom. The van der Waals surface area contributed by atoms with Crippen LogP contribution in [0.3, 0.4) is 0 Å². The molecule has 0 unspecified atom stereocenters. The lowest BCUT2D eigenvalue weighted by Gasteiger charge is -2.14. The van der Waals surface area contributed by atoms with Crippen molar-refractivity contribution in [3.05, 3.63) is 60.4 Å². The third-order valence-electron chi connectivity index (χ3n) is 4.39. The number of nitrogens with zero attached hydrogens (tertiary/aromatic N) is 2. The van der Waals surface area contributed by atoms with Crippen molar-refractivity contribution in [3.63, 3.8) is 0 Å². The Labute approximate surface area is 171 Å². The molecule has 0 saturated heterocycles. The van der Waals surface area contributed by atoms with Crippen LogP contribution in [-0.2, 0) is 0 Å². The lowest BCUT2D eigenvalue weighted by Crippen LogP contribution is -2.12. The second-order valence-electron chi connectivity index (χ2n) is 6.14. The first kappa shape index (κ1) is 18.8. The highest BCUT2D eigenvalue weighted by molar-refractivity contribution is 7.20. The number of hydrogen-bond acceptors (Lipinski definition) is 6. The molecule has 0 aliphatic rings. The van der Waals surface area contributed by atoms with Gasteiger partial charge in [0.25, 0.3) is 5.91 Å². The molecule has 1 N–H and O–H groups in total. The summed E-state index contributed by atoms with van der Waals surface area (Å²) in [6, 6.07) is 12.7. The molecular weight excluding hydrogens is 390 g/mol. The number of methoxy groups -OCH3 is 3. The highest BCUT2D eigenvalue weighted by atomic mass is 32.1. The zero-order valence-corrected chi connectivity index (χ0v) is 16.9. The lowest BCUT2D eigenvalue weighted by molar-refractivity contribution is 0.102. The van der Waals surface area contributed by atoms with E-state index in [2.05, 4.69) is 10.3 Å². The van der Waals surface area contributed by atoms with E-state index in [0.717, 1.165) is 15.3 Å². The topological polar surface area (TPSA) is 74.6 Å². The number of thiazole rings is 1. The number of ether oxygens (including phenoxy) is 3. The molecule has 7 nitrogen and oxygen atoms in total. The van der Waals surface area contributed by atoms with E-state index >= 15 is 0 Å². The van der Waals surface area contributed by atoms with Gasteiger partial charge < -0.3 is 24.1 Å². The monoisotopic (exact) mass is 409 g/mol. The van der Waals surface area contributed by atoms with E-state index < -0.39 is 0 Å². The molecule has 0 aliphatic heterocycles. The maximum Gasteiger partial charge on any atom is 0.255 e. The second kappa shape index (κ2) is 7.84. The summed E-state index contributed by atoms with van der Waals surface area (Å²) < 4.78 is 18.9. The molecule has 0 spiro atoms. The molecule has 2 aromatic heterocycles. The maximum absolute atomic E-state index is 12.8. The van der Waals surface area contributed by atoms with E-state index in [4.69, 9.17) is 14.2 Å². The van der Waals surface area contributed by atoms with Gasteiger partial charge in [-0.25, -0.2) is 4.98 Å². The molecule has 0 radical (unpaired) electrons. The van der Waals surface area contributed by atoms with Gasteiger partial charge in [-0.1, -0.05) is 11.3 Å². The molecule has 4 rings (SSSR count). The Hall–Kier alpha value is -3.52. The van der Waals surface area contributed by atoms with Gasteiger partial charge in [0.2, 0.25) is 5.75 Å². The summed E-state index contributed by atoms with van der Waals surface area (Å²) in [6.07, 6.45) is 3.88. The Kier molecular flexibility index (Phi) is 5.09. The van der Waals surface area contributed by atoms with Gasteiger partial charge in [0.05, 0.1) is 31.5 Å². The molecule has 0 saturated carbocycles. The van der Waals surface area contributed by atoms with Crippen LogP contribution in [0, 0.1) is 0 Å². The van der Waals surface area contributed by atoms with Crippen molar-refractivity contribution in [1.82, 2.24) is 9.55 Å². The Bertz CT molecular complexity index is 1140. The molecule has 29 heavy (non-hydrogen) atoms. The number of anilines is 1. The summed E-state index contributed by atoms with van der Waals surface area (Å²) >= 11 is 1.53. The van der Waals surface area contributed by atoms with Crippen LogP contribution in [-0.4, -0.2) is 36.8 Å². The van der Waals surface area contributed by atoms with Gasteiger partial charge in [-0.05, 0) is 30.3 Å². The summed E-state index contributed by atoms with van der Waals surface area (Å²) in [5.41, 5.74) is 1.93. The number of carbonyl (C=O) groups is 1. The molecular formula is C21H19N3O4S. The van der Waals surface area contributed by atoms with Crippen LogP contribution in [0.25, 0.3) is 15.3 Å². The largest absolute Gasteiger partial charge is 0.493 e. The van der Waals surface area contributed by atoms with Crippen molar-refractivity contribution in [2.45, 2.75) is 0 Å². The maximum atomic E-state index is 12.8. The van der Waals surface area contributed by atoms with Crippen LogP contribution in [0.5, 0.6) is 17.2 Å². The minimum Gasteiger partial charge on any atom is -0.493 e. The van der Waals surface area contributed by atoms with Crippen molar-refractivity contribution in [1.29, 1.82) is 0 Å². The number of hydrogen-bond donors (Lipinski definition) is 1. The Morgan fingerprint density at radius 1 is 1.00 bits per heavy atom. The van der Waals surface area contributed by atoms with Gasteiger partial charge in [0.15, 0.2) is 16.6 Å². The number of nitrogens with one attached hydrogen (secondary N) is 1. The summed E-state index contributed by atoms with van der Waals surface area (Å²) in [5, 5.41) is 3.74. The van der Waals surface area contributed by atoms with Crippen LogP contribution < -0.4 is 19.5 Å². The molecule has 1 amide bonds. The standard InChI is InChI=1S/C21H19N3O4S/c1-26-16-11-14(12-17(27-2)19(16)28-3)22-20(25)13-6-7-15-18(10-13)29-21(23-15)24-8-4-5-9-24/h4-12H,1-3H3,(H,22,25). The zero-order valence-electron chi connectivity index (χ0n) is 16.1. The molecule has 4 aromatic rings. The van der Waals surface area contributed by atoms with Crippen molar-refractivity contribution < 1.29 is 19.0 Å². The minimum atomic E-state index is -0.239. The number of amides is 1. The average Bonchev–Trinajstić information content (AvgIpc) is 3.41. The average molecular weight is 409 g/mol. The van der Waals surface area contributed by atoms with Gasteiger partial charge >= 0.3 is 0 Å². The van der Waals surface area contributed by atoms with Crippen LogP contribution in [0.4, 0.5) is 5.69 Å². The van der Waals surface area contributed by atoms with Crippen LogP contribution in [0.15, 0.2) is 54.9 Å². The van der Waals surface area contributed by atoms with E-state index in [1.54, 1.807) is 18.2 Å². The van der Waals surface area contributed by atoms with Gasteiger partial charge in [-0.2, -0.15) is 0 Å². The van der Waals surface area contributed by atoms with E-state index in [1.165, 1.54) is 32.7 Å². The van der Waals surface area contributed by atoms with Crippen LogP contribution in [0.2, 0.25) is 0 Å². The highest BCUT2D eigenvalue weighted by Gasteiger charge is 2.16. The fraction of sp³-hybridized carbons (Fsp3) is 0.143. The predicted molar refractivity (Wildman–Crippen MR) is 113 cm³/mol. The number of benzene rings is 2. The first-order chi connectivity index (χ1) is 14.1. The smallest absolute Gasteiger partial charge is 0.255 e. The van der Waals surface area contributed by atoms with E-state index in [1.807, 2.05) is 41.2 Å². The van der Waals surface area contributed by atoms with Gasteiger partial charge in [0, 0.05) is 35.8 Å². The van der Waals surface area contributed by atoms with Crippen molar-refractivity contribution in [3.8, 4) is 22.4 Å². The van der Waals surface area contributed by atoms with E-state index in [-0.39, 0.29) is 5.91 Å². The summed E-state index contributed by atoms with van der Waals surface area (Å²) in [7, 11) is 4.59. The lowest BCUT2D eigenvalue weighted by atomic mass is 10.2. The fourth-order valence-electron chi connectivity index (χ4n) is 2.98. The molecule has 148 valence electrons. The first-order valence-electron chi connectivity index (χ1n) is 8.78. The molecule has 2 aromatic carbocycles. The summed E-state index contributed by atoms with van der Waals surface area (Å²) in [6.45, 7) is 0. The van der Waals surface area contributed by atoms with Crippen molar-refractivity contribution in [2.75, 3.05) is 26.6 Å². The molecule has 0 fully saturated rings. The third-order valence-corrected chi connectivity index (χ3v) is 5.42. The fourth-order valence-corrected chi connectivity index (χ4v) is 3.95. The van der Waals surface area contributed by atoms with E-state index in [9.17, 15) is 4.79 Å². The molecule has 0 aliphatic carbocycles. The van der Waals surface area contributed by atoms with Gasteiger partial charge in [0.1, 0.15) is 0 Å². The second-order valence-corrected chi connectivity index (χ2v) is 7.15. The van der Waals surface area contributed by atoms with E-state index in [0.29, 0.717) is 28.5 Å². The SMILES string of the molecule is COc1cc(NC(=O)c2ccc3nc(-n4cccc4)sc3c2)cc(OC)c1OC. The normalized spacial score (nSPS) is 10.7. The number of rotatable bonds is 6. The zero-order chi connectivity index (χ0) is 20.4.